The normalized spacial score (nSPS) is 36.7. The molecule has 3 fully saturated rings. The van der Waals surface area contributed by atoms with E-state index < -0.39 is 11.7 Å². The Balaban J connectivity index is 1.47. The van der Waals surface area contributed by atoms with Crippen LogP contribution < -0.4 is 0 Å². The Morgan fingerprint density at radius 2 is 1.93 bits per heavy atom. The third-order valence-electron chi connectivity index (χ3n) is 8.03. The van der Waals surface area contributed by atoms with E-state index in [9.17, 15) is 8.78 Å². The molecule has 27 heavy (non-hydrogen) atoms. The average molecular weight is 373 g/mol. The highest BCUT2D eigenvalue weighted by Crippen LogP contribution is 2.66. The molecule has 1 heterocycles. The van der Waals surface area contributed by atoms with Crippen molar-refractivity contribution in [2.45, 2.75) is 63.1 Å². The monoisotopic (exact) mass is 373 g/mol. The van der Waals surface area contributed by atoms with E-state index in [0.29, 0.717) is 31.0 Å². The van der Waals surface area contributed by atoms with Gasteiger partial charge in [-0.15, -0.1) is 0 Å². The van der Waals surface area contributed by atoms with Crippen molar-refractivity contribution in [3.63, 3.8) is 0 Å². The van der Waals surface area contributed by atoms with E-state index in [1.807, 2.05) is 6.07 Å². The van der Waals surface area contributed by atoms with Gasteiger partial charge in [-0.3, -0.25) is 0 Å². The standard InChI is InChI=1S/C22H25F2NO2/c1-20-8-6-17-16-5-3-15(21(23,24)13-25)12-14(16)2-4-18(17)19(20)7-9-22(20)26-10-11-27-22/h3,5,12,17-19H,2,4,6-11H2,1H3/t17-,18-,19+,20+/m1/s1. The maximum Gasteiger partial charge on any atom is 0.357 e. The molecule has 3 aliphatic carbocycles. The van der Waals surface area contributed by atoms with E-state index in [2.05, 4.69) is 6.92 Å². The summed E-state index contributed by atoms with van der Waals surface area (Å²) in [7, 11) is 0. The van der Waals surface area contributed by atoms with Gasteiger partial charge in [0.25, 0.3) is 0 Å². The zero-order valence-corrected chi connectivity index (χ0v) is 15.6. The smallest absolute Gasteiger partial charge is 0.347 e. The highest BCUT2D eigenvalue weighted by Gasteiger charge is 2.65. The summed E-state index contributed by atoms with van der Waals surface area (Å²) in [5.41, 5.74) is 2.11. The molecule has 0 N–H and O–H groups in total. The minimum absolute atomic E-state index is 0.0515. The van der Waals surface area contributed by atoms with Crippen LogP contribution in [0.5, 0.6) is 0 Å². The Bertz CT molecular complexity index is 811. The third kappa shape index (κ3) is 2.29. The van der Waals surface area contributed by atoms with Crippen molar-refractivity contribution in [2.75, 3.05) is 13.2 Å². The topological polar surface area (TPSA) is 42.2 Å². The minimum Gasteiger partial charge on any atom is -0.347 e. The molecule has 0 amide bonds. The molecule has 1 spiro atoms. The number of hydrogen-bond acceptors (Lipinski definition) is 3. The largest absolute Gasteiger partial charge is 0.357 e. The van der Waals surface area contributed by atoms with Crippen LogP contribution in [0.3, 0.4) is 0 Å². The summed E-state index contributed by atoms with van der Waals surface area (Å²) in [6, 6.07) is 6.01. The number of aryl methyl sites for hydroxylation is 1. The Kier molecular flexibility index (Phi) is 3.74. The van der Waals surface area contributed by atoms with Gasteiger partial charge in [-0.2, -0.15) is 14.0 Å². The lowest BCUT2D eigenvalue weighted by molar-refractivity contribution is -0.237. The van der Waals surface area contributed by atoms with Gasteiger partial charge >= 0.3 is 5.92 Å². The van der Waals surface area contributed by atoms with Crippen molar-refractivity contribution in [1.82, 2.24) is 0 Å². The second-order valence-corrected chi connectivity index (χ2v) is 8.96. The van der Waals surface area contributed by atoms with Crippen LogP contribution in [0.15, 0.2) is 18.2 Å². The molecule has 0 unspecified atom stereocenters. The Morgan fingerprint density at radius 1 is 1.15 bits per heavy atom. The van der Waals surface area contributed by atoms with Crippen LogP contribution in [-0.2, 0) is 21.8 Å². The van der Waals surface area contributed by atoms with Crippen molar-refractivity contribution in [2.24, 2.45) is 17.3 Å². The maximum atomic E-state index is 13.8. The van der Waals surface area contributed by atoms with Crippen molar-refractivity contribution in [3.8, 4) is 6.07 Å². The number of nitriles is 1. The van der Waals surface area contributed by atoms with Crippen molar-refractivity contribution in [3.05, 3.63) is 34.9 Å². The highest BCUT2D eigenvalue weighted by molar-refractivity contribution is 5.41. The molecule has 1 aliphatic heterocycles. The molecule has 0 bridgehead atoms. The first-order chi connectivity index (χ1) is 12.9. The Hall–Kier alpha value is -1.51. The minimum atomic E-state index is -3.41. The molecule has 3 nitrogen and oxygen atoms in total. The fourth-order valence-electron chi connectivity index (χ4n) is 6.73. The van der Waals surface area contributed by atoms with Crippen molar-refractivity contribution < 1.29 is 18.3 Å². The van der Waals surface area contributed by atoms with Gasteiger partial charge < -0.3 is 9.47 Å². The third-order valence-corrected chi connectivity index (χ3v) is 8.03. The SMILES string of the molecule is C[C@]12CC[C@@H]3c4ccc(C(F)(F)C#N)cc4CC[C@H]3[C@@H]1CCC21OCCO1. The number of hydrogen-bond donors (Lipinski definition) is 0. The van der Waals surface area contributed by atoms with Gasteiger partial charge in [-0.05, 0) is 67.1 Å². The molecule has 0 aromatic heterocycles. The molecule has 144 valence electrons. The lowest BCUT2D eigenvalue weighted by atomic mass is 9.54. The first-order valence-corrected chi connectivity index (χ1v) is 10.1. The van der Waals surface area contributed by atoms with Crippen molar-refractivity contribution >= 4 is 0 Å². The number of rotatable bonds is 1. The van der Waals surface area contributed by atoms with Gasteiger partial charge in [0, 0.05) is 17.4 Å². The van der Waals surface area contributed by atoms with E-state index in [-0.39, 0.29) is 11.0 Å². The van der Waals surface area contributed by atoms with E-state index in [1.54, 1.807) is 6.07 Å². The van der Waals surface area contributed by atoms with Crippen LogP contribution >= 0.6 is 0 Å². The summed E-state index contributed by atoms with van der Waals surface area (Å²) in [6.07, 6.45) is 6.03. The van der Waals surface area contributed by atoms with Crippen LogP contribution in [0.25, 0.3) is 0 Å². The zero-order chi connectivity index (χ0) is 18.9. The molecule has 5 rings (SSSR count). The maximum absolute atomic E-state index is 13.8. The molecule has 4 aliphatic rings. The van der Waals surface area contributed by atoms with Crippen molar-refractivity contribution in [1.29, 1.82) is 5.26 Å². The lowest BCUT2D eigenvalue weighted by Crippen LogP contribution is -2.51. The molecule has 1 aromatic carbocycles. The summed E-state index contributed by atoms with van der Waals surface area (Å²) >= 11 is 0. The number of alkyl halides is 2. The van der Waals surface area contributed by atoms with E-state index >= 15 is 0 Å². The molecular weight excluding hydrogens is 348 g/mol. The summed E-state index contributed by atoms with van der Waals surface area (Å²) < 4.78 is 39.9. The molecular formula is C22H25F2NO2. The number of benzene rings is 1. The van der Waals surface area contributed by atoms with Crippen LogP contribution in [0.4, 0.5) is 8.78 Å². The van der Waals surface area contributed by atoms with Gasteiger partial charge in [-0.25, -0.2) is 0 Å². The predicted molar refractivity (Wildman–Crippen MR) is 95.2 cm³/mol. The summed E-state index contributed by atoms with van der Waals surface area (Å²) in [4.78, 5) is 0. The molecule has 2 saturated carbocycles. The first kappa shape index (κ1) is 17.6. The van der Waals surface area contributed by atoms with E-state index in [4.69, 9.17) is 14.7 Å². The lowest BCUT2D eigenvalue weighted by Gasteiger charge is -2.52. The molecule has 5 heteroatoms. The Labute approximate surface area is 158 Å². The number of fused-ring (bicyclic) bond motifs is 6. The molecule has 0 radical (unpaired) electrons. The van der Waals surface area contributed by atoms with Gasteiger partial charge in [0.05, 0.1) is 13.2 Å². The molecule has 1 saturated heterocycles. The summed E-state index contributed by atoms with van der Waals surface area (Å²) in [6.45, 7) is 3.72. The summed E-state index contributed by atoms with van der Waals surface area (Å²) in [5.74, 6) is -2.27. The predicted octanol–water partition coefficient (Wildman–Crippen LogP) is 4.90. The Morgan fingerprint density at radius 3 is 2.67 bits per heavy atom. The molecule has 1 aromatic rings. The summed E-state index contributed by atoms with van der Waals surface area (Å²) in [5, 5.41) is 8.75. The van der Waals surface area contributed by atoms with Gasteiger partial charge in [0.2, 0.25) is 0 Å². The van der Waals surface area contributed by atoms with Crippen LogP contribution in [-0.4, -0.2) is 19.0 Å². The fraction of sp³-hybridized carbons (Fsp3) is 0.682. The number of nitrogens with zero attached hydrogens (tertiary/aromatic N) is 1. The van der Waals surface area contributed by atoms with E-state index in [1.165, 1.54) is 11.6 Å². The number of halogens is 2. The highest BCUT2D eigenvalue weighted by atomic mass is 19.3. The van der Waals surface area contributed by atoms with Gasteiger partial charge in [0.15, 0.2) is 5.79 Å². The molecule has 4 atom stereocenters. The van der Waals surface area contributed by atoms with Gasteiger partial charge in [0.1, 0.15) is 6.07 Å². The van der Waals surface area contributed by atoms with Crippen LogP contribution in [0.1, 0.15) is 61.6 Å². The van der Waals surface area contributed by atoms with Gasteiger partial charge in [-0.1, -0.05) is 19.1 Å². The second kappa shape index (κ2) is 5.75. The number of ether oxygens (including phenoxy) is 2. The first-order valence-electron chi connectivity index (χ1n) is 10.1. The fourth-order valence-corrected chi connectivity index (χ4v) is 6.73. The second-order valence-electron chi connectivity index (χ2n) is 8.96. The quantitative estimate of drug-likeness (QED) is 0.703. The van der Waals surface area contributed by atoms with E-state index in [0.717, 1.165) is 50.2 Å². The zero-order valence-electron chi connectivity index (χ0n) is 15.6. The average Bonchev–Trinajstić information content (AvgIpc) is 3.27. The van der Waals surface area contributed by atoms with Crippen LogP contribution in [0.2, 0.25) is 0 Å². The van der Waals surface area contributed by atoms with Crippen LogP contribution in [0, 0.1) is 28.6 Å².